The molecular formula is C14H18N6O4. The lowest BCUT2D eigenvalue weighted by Crippen LogP contribution is -2.29. The maximum atomic E-state index is 11.9. The Kier molecular flexibility index (Phi) is 5.79. The van der Waals surface area contributed by atoms with Gasteiger partial charge in [0.15, 0.2) is 5.69 Å². The lowest BCUT2D eigenvalue weighted by molar-refractivity contribution is -0.385. The largest absolute Gasteiger partial charge is 0.446 e. The highest BCUT2D eigenvalue weighted by Crippen LogP contribution is 2.13. The molecule has 0 saturated carbocycles. The third kappa shape index (κ3) is 4.49. The highest BCUT2D eigenvalue weighted by atomic mass is 16.6. The summed E-state index contributed by atoms with van der Waals surface area (Å²) in [6.07, 6.45) is 3.09. The lowest BCUT2D eigenvalue weighted by Gasteiger charge is -2.06. The molecule has 2 aromatic rings. The summed E-state index contributed by atoms with van der Waals surface area (Å²) in [5.41, 5.74) is 5.86. The number of anilines is 1. The molecule has 0 fully saturated rings. The zero-order valence-corrected chi connectivity index (χ0v) is 13.1. The molecule has 1 unspecified atom stereocenters. The number of hydrogen-bond acceptors (Lipinski definition) is 8. The molecule has 4 N–H and O–H groups in total. The fourth-order valence-corrected chi connectivity index (χ4v) is 1.79. The summed E-state index contributed by atoms with van der Waals surface area (Å²) in [5, 5.41) is 16.1. The van der Waals surface area contributed by atoms with Crippen molar-refractivity contribution in [1.29, 1.82) is 0 Å². The number of amides is 1. The number of nitrogens with two attached hydrogens (primary N) is 1. The fourth-order valence-electron chi connectivity index (χ4n) is 1.79. The maximum Gasteiger partial charge on any atom is 0.287 e. The Bertz CT molecular complexity index is 700. The van der Waals surface area contributed by atoms with Gasteiger partial charge in [-0.25, -0.2) is 9.97 Å². The zero-order chi connectivity index (χ0) is 17.5. The molecule has 0 spiro atoms. The van der Waals surface area contributed by atoms with Gasteiger partial charge in [-0.1, -0.05) is 6.92 Å². The number of rotatable bonds is 8. The van der Waals surface area contributed by atoms with Crippen LogP contribution in [0, 0.1) is 10.1 Å². The Labute approximate surface area is 137 Å². The topological polar surface area (TPSA) is 149 Å². The number of nitro groups is 1. The van der Waals surface area contributed by atoms with Gasteiger partial charge in [-0.05, 0) is 12.5 Å². The van der Waals surface area contributed by atoms with Crippen LogP contribution in [0.2, 0.25) is 0 Å². The van der Waals surface area contributed by atoms with Gasteiger partial charge in [0.25, 0.3) is 11.6 Å². The molecule has 0 aliphatic carbocycles. The van der Waals surface area contributed by atoms with Crippen molar-refractivity contribution in [3.8, 4) is 0 Å². The first-order valence-electron chi connectivity index (χ1n) is 7.34. The Morgan fingerprint density at radius 3 is 2.88 bits per heavy atom. The van der Waals surface area contributed by atoms with Crippen LogP contribution in [0.25, 0.3) is 0 Å². The normalized spacial score (nSPS) is 11.8. The van der Waals surface area contributed by atoms with Crippen LogP contribution in [-0.4, -0.2) is 33.9 Å². The van der Waals surface area contributed by atoms with Gasteiger partial charge in [0, 0.05) is 19.2 Å². The number of nitrogens with zero attached hydrogens (tertiary/aromatic N) is 3. The molecule has 10 heteroatoms. The fraction of sp³-hybridized carbons (Fsp3) is 0.357. The van der Waals surface area contributed by atoms with Gasteiger partial charge in [-0.3, -0.25) is 14.9 Å². The minimum atomic E-state index is -0.520. The van der Waals surface area contributed by atoms with E-state index in [1.807, 2.05) is 6.92 Å². The molecule has 0 radical (unpaired) electrons. The summed E-state index contributed by atoms with van der Waals surface area (Å²) >= 11 is 0. The van der Waals surface area contributed by atoms with E-state index in [1.165, 1.54) is 18.4 Å². The van der Waals surface area contributed by atoms with Crippen molar-refractivity contribution in [2.45, 2.75) is 19.4 Å². The molecule has 0 aromatic carbocycles. The second-order valence-corrected chi connectivity index (χ2v) is 4.93. The summed E-state index contributed by atoms with van der Waals surface area (Å²) in [6.45, 7) is 2.61. The van der Waals surface area contributed by atoms with Crippen LogP contribution in [-0.2, 0) is 0 Å². The van der Waals surface area contributed by atoms with Crippen molar-refractivity contribution in [2.75, 3.05) is 18.4 Å². The van der Waals surface area contributed by atoms with E-state index < -0.39 is 4.92 Å². The van der Waals surface area contributed by atoms with Crippen molar-refractivity contribution >= 4 is 17.4 Å². The second kappa shape index (κ2) is 8.02. The highest BCUT2D eigenvalue weighted by Gasteiger charge is 2.15. The number of nitrogens with one attached hydrogen (secondary N) is 2. The van der Waals surface area contributed by atoms with Crippen LogP contribution in [0.15, 0.2) is 29.0 Å². The molecule has 1 atom stereocenters. The van der Waals surface area contributed by atoms with Crippen LogP contribution in [0.3, 0.4) is 0 Å². The van der Waals surface area contributed by atoms with Crippen molar-refractivity contribution < 1.29 is 14.1 Å². The number of oxazole rings is 1. The predicted octanol–water partition coefficient (Wildman–Crippen LogP) is 1.23. The molecule has 10 nitrogen and oxygen atoms in total. The molecule has 0 aliphatic heterocycles. The van der Waals surface area contributed by atoms with Gasteiger partial charge < -0.3 is 20.8 Å². The van der Waals surface area contributed by atoms with Gasteiger partial charge in [-0.2, -0.15) is 0 Å². The monoisotopic (exact) mass is 334 g/mol. The van der Waals surface area contributed by atoms with Crippen molar-refractivity contribution in [3.63, 3.8) is 0 Å². The van der Waals surface area contributed by atoms with Crippen molar-refractivity contribution in [1.82, 2.24) is 15.3 Å². The summed E-state index contributed by atoms with van der Waals surface area (Å²) < 4.78 is 5.17. The zero-order valence-electron chi connectivity index (χ0n) is 13.1. The number of hydrogen-bond donors (Lipinski definition) is 3. The van der Waals surface area contributed by atoms with E-state index in [-0.39, 0.29) is 23.3 Å². The lowest BCUT2D eigenvalue weighted by atomic mass is 10.2. The Hall–Kier alpha value is -3.01. The molecule has 24 heavy (non-hydrogen) atoms. The molecule has 0 bridgehead atoms. The van der Waals surface area contributed by atoms with Gasteiger partial charge in [0.2, 0.25) is 5.89 Å². The van der Waals surface area contributed by atoms with E-state index in [4.69, 9.17) is 10.2 Å². The molecule has 2 rings (SSSR count). The van der Waals surface area contributed by atoms with Crippen LogP contribution >= 0.6 is 0 Å². The molecule has 0 aliphatic rings. The van der Waals surface area contributed by atoms with E-state index in [2.05, 4.69) is 20.6 Å². The highest BCUT2D eigenvalue weighted by molar-refractivity contribution is 5.91. The smallest absolute Gasteiger partial charge is 0.287 e. The number of pyridine rings is 1. The van der Waals surface area contributed by atoms with Crippen LogP contribution in [0.4, 0.5) is 11.5 Å². The van der Waals surface area contributed by atoms with E-state index >= 15 is 0 Å². The number of aromatic nitrogens is 2. The molecule has 0 saturated heterocycles. The Balaban J connectivity index is 1.76. The van der Waals surface area contributed by atoms with Crippen LogP contribution in [0.5, 0.6) is 0 Å². The van der Waals surface area contributed by atoms with Crippen LogP contribution < -0.4 is 16.4 Å². The summed E-state index contributed by atoms with van der Waals surface area (Å²) in [7, 11) is 0. The van der Waals surface area contributed by atoms with Crippen LogP contribution in [0.1, 0.15) is 35.8 Å². The summed E-state index contributed by atoms with van der Waals surface area (Å²) in [6, 6.07) is 2.51. The summed E-state index contributed by atoms with van der Waals surface area (Å²) in [5.74, 6) is 0.440. The maximum absolute atomic E-state index is 11.9. The molecule has 1 amide bonds. The van der Waals surface area contributed by atoms with E-state index in [1.54, 1.807) is 0 Å². The van der Waals surface area contributed by atoms with Gasteiger partial charge in [-0.15, -0.1) is 0 Å². The number of carbonyl (C=O) groups is 1. The van der Waals surface area contributed by atoms with E-state index in [0.717, 1.165) is 6.20 Å². The molecule has 128 valence electrons. The minimum Gasteiger partial charge on any atom is -0.446 e. The minimum absolute atomic E-state index is 0.0824. The third-order valence-corrected chi connectivity index (χ3v) is 3.19. The molecule has 2 heterocycles. The first kappa shape index (κ1) is 17.3. The molecule has 2 aromatic heterocycles. The Morgan fingerprint density at radius 1 is 1.46 bits per heavy atom. The molecular weight excluding hydrogens is 316 g/mol. The first-order valence-corrected chi connectivity index (χ1v) is 7.34. The second-order valence-electron chi connectivity index (χ2n) is 4.93. The predicted molar refractivity (Wildman–Crippen MR) is 85.4 cm³/mol. The van der Waals surface area contributed by atoms with E-state index in [0.29, 0.717) is 31.2 Å². The summed E-state index contributed by atoms with van der Waals surface area (Å²) in [4.78, 5) is 29.9. The SMILES string of the molecule is CCC(N)c1nc(C(=O)NCCNc2ccc([N+](=O)[O-])cn2)co1. The Morgan fingerprint density at radius 2 is 2.25 bits per heavy atom. The average molecular weight is 334 g/mol. The standard InChI is InChI=1S/C14H18N6O4/c1-2-10(15)14-19-11(8-24-14)13(21)17-6-5-16-12-4-3-9(7-18-12)20(22)23/h3-4,7-8,10H,2,5-6,15H2,1H3,(H,16,18)(H,17,21). The average Bonchev–Trinajstić information content (AvgIpc) is 3.08. The van der Waals surface area contributed by atoms with E-state index in [9.17, 15) is 14.9 Å². The van der Waals surface area contributed by atoms with Crippen molar-refractivity contribution in [3.05, 3.63) is 46.3 Å². The van der Waals surface area contributed by atoms with Gasteiger partial charge in [0.1, 0.15) is 18.3 Å². The van der Waals surface area contributed by atoms with Gasteiger partial charge in [0.05, 0.1) is 11.0 Å². The number of carbonyl (C=O) groups excluding carboxylic acids is 1. The quantitative estimate of drug-likeness (QED) is 0.370. The van der Waals surface area contributed by atoms with Gasteiger partial charge >= 0.3 is 0 Å². The third-order valence-electron chi connectivity index (χ3n) is 3.19. The first-order chi connectivity index (χ1) is 11.5. The van der Waals surface area contributed by atoms with Crippen molar-refractivity contribution in [2.24, 2.45) is 5.73 Å².